The molecule has 0 spiro atoms. The van der Waals surface area contributed by atoms with Gasteiger partial charge in [-0.25, -0.2) is 0 Å². The second kappa shape index (κ2) is 9.67. The van der Waals surface area contributed by atoms with Crippen LogP contribution in [0.3, 0.4) is 0 Å². The first-order valence-corrected chi connectivity index (χ1v) is 11.5. The van der Waals surface area contributed by atoms with Gasteiger partial charge in [-0.2, -0.15) is 4.98 Å². The molecular formula is C26H23N5O5. The van der Waals surface area contributed by atoms with Gasteiger partial charge in [0.2, 0.25) is 0 Å². The molecule has 0 aliphatic carbocycles. The van der Waals surface area contributed by atoms with Gasteiger partial charge in [0, 0.05) is 18.7 Å². The van der Waals surface area contributed by atoms with Crippen LogP contribution in [0.1, 0.15) is 29.8 Å². The summed E-state index contributed by atoms with van der Waals surface area (Å²) in [6.45, 7) is 2.48. The topological polar surface area (TPSA) is 128 Å². The fraction of sp³-hybridized carbons (Fsp3) is 0.231. The first-order chi connectivity index (χ1) is 17.4. The average Bonchev–Trinajstić information content (AvgIpc) is 3.41. The molecule has 0 radical (unpaired) electrons. The van der Waals surface area contributed by atoms with Crippen LogP contribution in [0, 0.1) is 20.2 Å². The predicted molar refractivity (Wildman–Crippen MR) is 131 cm³/mol. The molecule has 10 nitrogen and oxygen atoms in total. The molecule has 0 amide bonds. The summed E-state index contributed by atoms with van der Waals surface area (Å²) >= 11 is 0. The van der Waals surface area contributed by atoms with E-state index in [0.29, 0.717) is 5.82 Å². The molecule has 5 rings (SSSR count). The first kappa shape index (κ1) is 23.3. The maximum atomic E-state index is 11.3. The van der Waals surface area contributed by atoms with Gasteiger partial charge in [0.25, 0.3) is 17.3 Å². The fourth-order valence-corrected chi connectivity index (χ4v) is 4.80. The largest absolute Gasteiger partial charge is 0.334 e. The van der Waals surface area contributed by atoms with Gasteiger partial charge in [0.1, 0.15) is 0 Å². The molecule has 1 aliphatic rings. The van der Waals surface area contributed by atoms with Crippen LogP contribution >= 0.6 is 0 Å². The van der Waals surface area contributed by atoms with Crippen LogP contribution in [0.2, 0.25) is 0 Å². The number of aromatic nitrogens is 2. The van der Waals surface area contributed by atoms with Crippen molar-refractivity contribution in [2.75, 3.05) is 13.1 Å². The van der Waals surface area contributed by atoms with Crippen molar-refractivity contribution in [2.45, 2.75) is 24.8 Å². The molecule has 182 valence electrons. The molecule has 1 saturated heterocycles. The van der Waals surface area contributed by atoms with Gasteiger partial charge in [-0.15, -0.1) is 0 Å². The van der Waals surface area contributed by atoms with Crippen LogP contribution in [0.15, 0.2) is 83.4 Å². The Hall–Kier alpha value is -4.44. The molecular weight excluding hydrogens is 462 g/mol. The number of benzene rings is 3. The smallest absolute Gasteiger partial charge is 0.277 e. The average molecular weight is 486 g/mol. The van der Waals surface area contributed by atoms with Gasteiger partial charge < -0.3 is 4.52 Å². The summed E-state index contributed by atoms with van der Waals surface area (Å²) in [7, 11) is 0. The van der Waals surface area contributed by atoms with Crippen LogP contribution in [0.25, 0.3) is 11.5 Å². The van der Waals surface area contributed by atoms with Crippen molar-refractivity contribution in [1.82, 2.24) is 15.0 Å². The number of non-ortho nitro benzene ring substituents is 2. The van der Waals surface area contributed by atoms with Gasteiger partial charge in [-0.05, 0) is 37.1 Å². The number of nitrogens with zero attached hydrogens (tertiary/aromatic N) is 5. The maximum absolute atomic E-state index is 11.3. The van der Waals surface area contributed by atoms with Crippen LogP contribution in [-0.4, -0.2) is 38.0 Å². The van der Waals surface area contributed by atoms with E-state index >= 15 is 0 Å². The number of piperidine rings is 1. The number of nitro groups is 2. The summed E-state index contributed by atoms with van der Waals surface area (Å²) in [4.78, 5) is 28.3. The zero-order valence-electron chi connectivity index (χ0n) is 19.3. The highest BCUT2D eigenvalue weighted by atomic mass is 16.6. The third-order valence-corrected chi connectivity index (χ3v) is 6.71. The summed E-state index contributed by atoms with van der Waals surface area (Å²) in [5.41, 5.74) is 1.11. The molecule has 0 unspecified atom stereocenters. The van der Waals surface area contributed by atoms with E-state index in [0.717, 1.165) is 44.1 Å². The molecule has 4 aromatic rings. The summed E-state index contributed by atoms with van der Waals surface area (Å²) < 4.78 is 5.52. The zero-order valence-corrected chi connectivity index (χ0v) is 19.3. The molecule has 1 fully saturated rings. The zero-order chi connectivity index (χ0) is 25.1. The first-order valence-electron chi connectivity index (χ1n) is 11.5. The van der Waals surface area contributed by atoms with E-state index in [1.807, 2.05) is 48.5 Å². The number of rotatable bonds is 7. The molecule has 0 N–H and O–H groups in total. The Morgan fingerprint density at radius 3 is 2.03 bits per heavy atom. The Morgan fingerprint density at radius 1 is 0.861 bits per heavy atom. The minimum Gasteiger partial charge on any atom is -0.334 e. The highest BCUT2D eigenvalue weighted by Gasteiger charge is 2.42. The Bertz CT molecular complexity index is 1350. The summed E-state index contributed by atoms with van der Waals surface area (Å²) in [6, 6.07) is 23.6. The van der Waals surface area contributed by atoms with Crippen molar-refractivity contribution >= 4 is 11.4 Å². The van der Waals surface area contributed by atoms with Crippen molar-refractivity contribution in [3.05, 3.63) is 116 Å². The van der Waals surface area contributed by atoms with E-state index < -0.39 is 26.6 Å². The van der Waals surface area contributed by atoms with Crippen molar-refractivity contribution in [3.63, 3.8) is 0 Å². The Balaban J connectivity index is 1.48. The van der Waals surface area contributed by atoms with Crippen molar-refractivity contribution < 1.29 is 14.4 Å². The minimum absolute atomic E-state index is 0.0128. The predicted octanol–water partition coefficient (Wildman–Crippen LogP) is 5.14. The third kappa shape index (κ3) is 4.58. The maximum Gasteiger partial charge on any atom is 0.277 e. The van der Waals surface area contributed by atoms with E-state index in [-0.39, 0.29) is 11.5 Å². The lowest BCUT2D eigenvalue weighted by Crippen LogP contribution is -2.43. The number of nitro benzene ring substituents is 2. The molecule has 2 heterocycles. The monoisotopic (exact) mass is 485 g/mol. The Kier molecular flexibility index (Phi) is 6.26. The summed E-state index contributed by atoms with van der Waals surface area (Å²) in [5, 5.41) is 26.9. The van der Waals surface area contributed by atoms with Gasteiger partial charge in [-0.3, -0.25) is 25.1 Å². The number of hydrogen-bond donors (Lipinski definition) is 0. The normalized spacial score (nSPS) is 15.4. The highest BCUT2D eigenvalue weighted by molar-refractivity contribution is 5.63. The highest BCUT2D eigenvalue weighted by Crippen LogP contribution is 2.41. The second-order valence-corrected chi connectivity index (χ2v) is 8.89. The quantitative estimate of drug-likeness (QED) is 0.260. The molecule has 36 heavy (non-hydrogen) atoms. The number of hydrogen-bond acceptors (Lipinski definition) is 8. The standard InChI is InChI=1S/C26H23N5O5/c32-30(33)22-15-20(16-23(17-22)31(34)35)24-27-25(28-36-24)26(21-9-5-2-6-10-21)11-13-29(14-12-26)18-19-7-3-1-4-8-19/h1-10,15-17H,11-14,18H2. The van der Waals surface area contributed by atoms with Gasteiger partial charge >= 0.3 is 0 Å². The minimum atomic E-state index is -0.679. The Labute approximate surface area is 206 Å². The third-order valence-electron chi connectivity index (χ3n) is 6.71. The molecule has 1 aliphatic heterocycles. The summed E-state index contributed by atoms with van der Waals surface area (Å²) in [5.74, 6) is 0.482. The van der Waals surface area contributed by atoms with E-state index in [9.17, 15) is 20.2 Å². The van der Waals surface area contributed by atoms with E-state index in [1.54, 1.807) is 0 Å². The van der Waals surface area contributed by atoms with Crippen molar-refractivity contribution in [3.8, 4) is 11.5 Å². The molecule has 0 bridgehead atoms. The lowest BCUT2D eigenvalue weighted by Gasteiger charge is -2.40. The van der Waals surface area contributed by atoms with Crippen molar-refractivity contribution in [2.24, 2.45) is 0 Å². The van der Waals surface area contributed by atoms with Crippen LogP contribution < -0.4 is 0 Å². The molecule has 3 aromatic carbocycles. The van der Waals surface area contributed by atoms with Crippen LogP contribution in [-0.2, 0) is 12.0 Å². The Morgan fingerprint density at radius 2 is 1.44 bits per heavy atom. The molecule has 0 saturated carbocycles. The van der Waals surface area contributed by atoms with Crippen LogP contribution in [0.4, 0.5) is 11.4 Å². The molecule has 0 atom stereocenters. The van der Waals surface area contributed by atoms with Gasteiger partial charge in [-0.1, -0.05) is 65.8 Å². The number of likely N-dealkylation sites (tertiary alicyclic amines) is 1. The second-order valence-electron chi connectivity index (χ2n) is 8.89. The lowest BCUT2D eigenvalue weighted by molar-refractivity contribution is -0.394. The van der Waals surface area contributed by atoms with Gasteiger partial charge in [0.05, 0.1) is 26.9 Å². The molecule has 10 heteroatoms. The molecule has 1 aromatic heterocycles. The lowest BCUT2D eigenvalue weighted by atomic mass is 9.72. The van der Waals surface area contributed by atoms with Crippen LogP contribution in [0.5, 0.6) is 0 Å². The van der Waals surface area contributed by atoms with E-state index in [2.05, 4.69) is 27.2 Å². The van der Waals surface area contributed by atoms with E-state index in [4.69, 9.17) is 4.52 Å². The summed E-state index contributed by atoms with van der Waals surface area (Å²) in [6.07, 6.45) is 1.50. The van der Waals surface area contributed by atoms with Gasteiger partial charge in [0.15, 0.2) is 5.82 Å². The SMILES string of the molecule is O=[N+]([O-])c1cc(-c2nc(C3(c4ccccc4)CCN(Cc4ccccc4)CC3)no2)cc([N+](=O)[O-])c1. The fourth-order valence-electron chi connectivity index (χ4n) is 4.80. The van der Waals surface area contributed by atoms with Crippen molar-refractivity contribution in [1.29, 1.82) is 0 Å². The van der Waals surface area contributed by atoms with E-state index in [1.165, 1.54) is 17.7 Å².